The Morgan fingerprint density at radius 1 is 1.30 bits per heavy atom. The smallest absolute Gasteiger partial charge is 0.276 e. The number of carbonyl (C=O) groups excluding carboxylic acids is 1. The third kappa shape index (κ3) is 5.43. The summed E-state index contributed by atoms with van der Waals surface area (Å²) in [5.41, 5.74) is 1.31. The number of amides is 1. The molecule has 1 aromatic heterocycles. The van der Waals surface area contributed by atoms with Crippen LogP contribution >= 0.6 is 12.4 Å². The highest BCUT2D eigenvalue weighted by Crippen LogP contribution is 2.20. The molecule has 0 spiro atoms. The number of para-hydroxylation sites is 1. The molecular formula is C19H28ClN5O2. The summed E-state index contributed by atoms with van der Waals surface area (Å²) in [6, 6.07) is 10.0. The molecule has 1 saturated heterocycles. The molecule has 1 amide bonds. The Morgan fingerprint density at radius 3 is 2.70 bits per heavy atom. The van der Waals surface area contributed by atoms with E-state index in [1.165, 1.54) is 0 Å². The van der Waals surface area contributed by atoms with Gasteiger partial charge in [0, 0.05) is 13.6 Å². The van der Waals surface area contributed by atoms with Gasteiger partial charge in [0.15, 0.2) is 5.69 Å². The monoisotopic (exact) mass is 393 g/mol. The predicted octanol–water partition coefficient (Wildman–Crippen LogP) is 2.47. The van der Waals surface area contributed by atoms with Crippen LogP contribution in [0.3, 0.4) is 0 Å². The maximum Gasteiger partial charge on any atom is 0.276 e. The van der Waals surface area contributed by atoms with Gasteiger partial charge in [-0.1, -0.05) is 23.4 Å². The molecule has 2 heterocycles. The molecule has 3 rings (SSSR count). The molecule has 1 aliphatic heterocycles. The van der Waals surface area contributed by atoms with Crippen molar-refractivity contribution in [3.63, 3.8) is 0 Å². The van der Waals surface area contributed by atoms with E-state index < -0.39 is 0 Å². The Bertz CT molecular complexity index is 716. The molecule has 2 aromatic rings. The lowest BCUT2D eigenvalue weighted by Crippen LogP contribution is -2.31. The number of aromatic nitrogens is 3. The molecule has 0 saturated carbocycles. The summed E-state index contributed by atoms with van der Waals surface area (Å²) in [6.07, 6.45) is 2.80. The van der Waals surface area contributed by atoms with Crippen molar-refractivity contribution in [2.24, 2.45) is 0 Å². The highest BCUT2D eigenvalue weighted by atomic mass is 35.5. The first-order chi connectivity index (χ1) is 12.7. The van der Waals surface area contributed by atoms with Crippen molar-refractivity contribution >= 4 is 18.3 Å². The molecular weight excluding hydrogens is 366 g/mol. The summed E-state index contributed by atoms with van der Waals surface area (Å²) in [7, 11) is 1.80. The van der Waals surface area contributed by atoms with Crippen molar-refractivity contribution in [3.8, 4) is 5.75 Å². The summed E-state index contributed by atoms with van der Waals surface area (Å²) in [5.74, 6) is 0.768. The normalized spacial score (nSPS) is 14.4. The molecule has 27 heavy (non-hydrogen) atoms. The van der Waals surface area contributed by atoms with E-state index in [1.54, 1.807) is 11.9 Å². The summed E-state index contributed by atoms with van der Waals surface area (Å²) in [5, 5.41) is 11.7. The van der Waals surface area contributed by atoms with Crippen LogP contribution in [0.4, 0.5) is 0 Å². The Balaban J connectivity index is 0.00000261. The minimum Gasteiger partial charge on any atom is -0.494 e. The Labute approximate surface area is 166 Å². The standard InChI is InChI=1S/C19H27N5O2.ClH/c1-15-18(21-22-24(15)16-9-11-20-12-10-16)19(25)23(2)13-6-14-26-17-7-4-3-5-8-17;/h3-5,7-8,16,20H,6,9-14H2,1-2H3;1H. The quantitative estimate of drug-likeness (QED) is 0.731. The second-order valence-corrected chi connectivity index (χ2v) is 6.69. The number of hydrogen-bond acceptors (Lipinski definition) is 5. The van der Waals surface area contributed by atoms with Crippen molar-refractivity contribution in [1.29, 1.82) is 0 Å². The Morgan fingerprint density at radius 2 is 2.00 bits per heavy atom. The first-order valence-corrected chi connectivity index (χ1v) is 9.22. The van der Waals surface area contributed by atoms with Gasteiger partial charge in [-0.15, -0.1) is 17.5 Å². The second-order valence-electron chi connectivity index (χ2n) is 6.69. The fourth-order valence-corrected chi connectivity index (χ4v) is 3.23. The molecule has 1 aromatic carbocycles. The zero-order chi connectivity index (χ0) is 18.4. The van der Waals surface area contributed by atoms with Crippen molar-refractivity contribution in [2.75, 3.05) is 33.3 Å². The maximum absolute atomic E-state index is 12.7. The third-order valence-electron chi connectivity index (χ3n) is 4.78. The van der Waals surface area contributed by atoms with E-state index in [4.69, 9.17) is 4.74 Å². The van der Waals surface area contributed by atoms with Crippen LogP contribution in [0.5, 0.6) is 5.75 Å². The van der Waals surface area contributed by atoms with Crippen LogP contribution in [0.15, 0.2) is 30.3 Å². The van der Waals surface area contributed by atoms with Gasteiger partial charge in [0.05, 0.1) is 18.3 Å². The third-order valence-corrected chi connectivity index (χ3v) is 4.78. The summed E-state index contributed by atoms with van der Waals surface area (Å²) in [6.45, 7) is 5.08. The average Bonchev–Trinajstić information content (AvgIpc) is 3.07. The van der Waals surface area contributed by atoms with Crippen LogP contribution in [-0.4, -0.2) is 59.1 Å². The number of rotatable bonds is 7. The van der Waals surface area contributed by atoms with E-state index in [0.717, 1.165) is 43.8 Å². The van der Waals surface area contributed by atoms with Crippen molar-refractivity contribution in [3.05, 3.63) is 41.7 Å². The Hall–Kier alpha value is -2.12. The first-order valence-electron chi connectivity index (χ1n) is 9.22. The van der Waals surface area contributed by atoms with Crippen molar-refractivity contribution in [2.45, 2.75) is 32.2 Å². The van der Waals surface area contributed by atoms with E-state index >= 15 is 0 Å². The van der Waals surface area contributed by atoms with Gasteiger partial charge < -0.3 is 15.0 Å². The average molecular weight is 394 g/mol. The molecule has 0 aliphatic carbocycles. The highest BCUT2D eigenvalue weighted by Gasteiger charge is 2.24. The molecule has 0 unspecified atom stereocenters. The van der Waals surface area contributed by atoms with Gasteiger partial charge in [-0.25, -0.2) is 4.68 Å². The number of benzene rings is 1. The Kier molecular flexibility index (Phi) is 8.06. The summed E-state index contributed by atoms with van der Waals surface area (Å²) >= 11 is 0. The zero-order valence-electron chi connectivity index (χ0n) is 15.9. The lowest BCUT2D eigenvalue weighted by Gasteiger charge is -2.23. The lowest BCUT2D eigenvalue weighted by molar-refractivity contribution is 0.0781. The topological polar surface area (TPSA) is 72.3 Å². The van der Waals surface area contributed by atoms with Crippen LogP contribution in [0.1, 0.15) is 41.5 Å². The fraction of sp³-hybridized carbons (Fsp3) is 0.526. The number of carbonyl (C=O) groups is 1. The molecule has 8 heteroatoms. The van der Waals surface area contributed by atoms with Gasteiger partial charge in [-0.2, -0.15) is 0 Å². The highest BCUT2D eigenvalue weighted by molar-refractivity contribution is 5.93. The van der Waals surface area contributed by atoms with Crippen molar-refractivity contribution < 1.29 is 9.53 Å². The molecule has 1 aliphatic rings. The van der Waals surface area contributed by atoms with E-state index in [0.29, 0.717) is 24.9 Å². The SMILES string of the molecule is Cc1c(C(=O)N(C)CCCOc2ccccc2)nnn1C1CCNCC1.Cl. The van der Waals surface area contributed by atoms with Gasteiger partial charge in [0.2, 0.25) is 0 Å². The predicted molar refractivity (Wildman–Crippen MR) is 107 cm³/mol. The molecule has 1 fully saturated rings. The number of nitrogens with one attached hydrogen (secondary N) is 1. The first kappa shape index (κ1) is 21.2. The van der Waals surface area contributed by atoms with Gasteiger partial charge in [-0.05, 0) is 51.4 Å². The van der Waals surface area contributed by atoms with Crippen LogP contribution in [0.25, 0.3) is 0 Å². The minimum atomic E-state index is -0.0811. The molecule has 0 radical (unpaired) electrons. The number of nitrogens with zero attached hydrogens (tertiary/aromatic N) is 4. The van der Waals surface area contributed by atoms with E-state index in [-0.39, 0.29) is 18.3 Å². The van der Waals surface area contributed by atoms with Crippen LogP contribution in [-0.2, 0) is 0 Å². The van der Waals surface area contributed by atoms with Crippen LogP contribution < -0.4 is 10.1 Å². The van der Waals surface area contributed by atoms with Crippen LogP contribution in [0.2, 0.25) is 0 Å². The number of halogens is 1. The second kappa shape index (κ2) is 10.3. The molecule has 0 bridgehead atoms. The summed E-state index contributed by atoms with van der Waals surface area (Å²) < 4.78 is 7.59. The van der Waals surface area contributed by atoms with Crippen LogP contribution in [0, 0.1) is 6.92 Å². The van der Waals surface area contributed by atoms with Gasteiger partial charge in [0.1, 0.15) is 5.75 Å². The van der Waals surface area contributed by atoms with E-state index in [9.17, 15) is 4.79 Å². The molecule has 148 valence electrons. The van der Waals surface area contributed by atoms with E-state index in [1.807, 2.05) is 41.9 Å². The lowest BCUT2D eigenvalue weighted by atomic mass is 10.1. The van der Waals surface area contributed by atoms with E-state index in [2.05, 4.69) is 15.6 Å². The summed E-state index contributed by atoms with van der Waals surface area (Å²) in [4.78, 5) is 14.4. The maximum atomic E-state index is 12.7. The van der Waals surface area contributed by atoms with Gasteiger partial charge in [-0.3, -0.25) is 4.79 Å². The largest absolute Gasteiger partial charge is 0.494 e. The number of hydrogen-bond donors (Lipinski definition) is 1. The number of ether oxygens (including phenoxy) is 1. The number of piperidine rings is 1. The molecule has 0 atom stereocenters. The van der Waals surface area contributed by atoms with Crippen molar-refractivity contribution in [1.82, 2.24) is 25.2 Å². The van der Waals surface area contributed by atoms with Gasteiger partial charge in [0.25, 0.3) is 5.91 Å². The molecule has 1 N–H and O–H groups in total. The molecule has 7 nitrogen and oxygen atoms in total. The zero-order valence-corrected chi connectivity index (χ0v) is 16.7. The minimum absolute atomic E-state index is 0. The van der Waals surface area contributed by atoms with Gasteiger partial charge >= 0.3 is 0 Å². The fourth-order valence-electron chi connectivity index (χ4n) is 3.23.